The number of nitrogens with one attached hydrogen (secondary N) is 2. The minimum atomic E-state index is 0. The van der Waals surface area contributed by atoms with E-state index in [1.807, 2.05) is 6.07 Å². The SMILES string of the molecule is CCNC(=NCc1cccc(COC)c1)NC1CCN(c2cc(OC)cc(OC)c2)C1.I. The standard InChI is InChI=1S/C24H34N4O3.HI/c1-5-25-24(26-15-18-7-6-8-19(11-18)17-29-2)27-20-9-10-28(16-20)21-12-22(30-3)14-23(13-21)31-4;/h6-8,11-14,20H,5,9-10,15-17H2,1-4H3,(H2,25,26,27);1H. The summed E-state index contributed by atoms with van der Waals surface area (Å²) >= 11 is 0. The zero-order valence-electron chi connectivity index (χ0n) is 19.4. The lowest BCUT2D eigenvalue weighted by molar-refractivity contribution is 0.185. The molecule has 2 aromatic rings. The number of hydrogen-bond donors (Lipinski definition) is 2. The zero-order chi connectivity index (χ0) is 22.1. The molecule has 3 rings (SSSR count). The van der Waals surface area contributed by atoms with Gasteiger partial charge in [-0.3, -0.25) is 0 Å². The molecule has 0 amide bonds. The van der Waals surface area contributed by atoms with Crippen molar-refractivity contribution in [3.05, 3.63) is 53.6 Å². The van der Waals surface area contributed by atoms with Crippen LogP contribution in [0.5, 0.6) is 11.5 Å². The second kappa shape index (κ2) is 13.4. The third-order valence-electron chi connectivity index (χ3n) is 5.30. The number of benzene rings is 2. The van der Waals surface area contributed by atoms with Gasteiger partial charge in [-0.15, -0.1) is 24.0 Å². The van der Waals surface area contributed by atoms with Crippen LogP contribution in [0.1, 0.15) is 24.5 Å². The smallest absolute Gasteiger partial charge is 0.191 e. The Morgan fingerprint density at radius 1 is 1.06 bits per heavy atom. The van der Waals surface area contributed by atoms with E-state index in [-0.39, 0.29) is 24.0 Å². The van der Waals surface area contributed by atoms with Crippen molar-refractivity contribution in [3.63, 3.8) is 0 Å². The van der Waals surface area contributed by atoms with E-state index < -0.39 is 0 Å². The number of aliphatic imine (C=N–C) groups is 1. The molecule has 8 heteroatoms. The van der Waals surface area contributed by atoms with Gasteiger partial charge >= 0.3 is 0 Å². The summed E-state index contributed by atoms with van der Waals surface area (Å²) in [6, 6.07) is 14.7. The fourth-order valence-corrected chi connectivity index (χ4v) is 3.76. The molecule has 1 unspecified atom stereocenters. The van der Waals surface area contributed by atoms with Crippen molar-refractivity contribution in [2.75, 3.05) is 45.9 Å². The van der Waals surface area contributed by atoms with Crippen molar-refractivity contribution in [2.45, 2.75) is 32.5 Å². The molecule has 1 saturated heterocycles. The Kier molecular flexibility index (Phi) is 10.9. The number of nitrogens with zero attached hydrogens (tertiary/aromatic N) is 2. The van der Waals surface area contributed by atoms with Crippen LogP contribution >= 0.6 is 24.0 Å². The highest BCUT2D eigenvalue weighted by atomic mass is 127. The molecule has 7 nitrogen and oxygen atoms in total. The third-order valence-corrected chi connectivity index (χ3v) is 5.30. The first kappa shape index (κ1) is 26.1. The number of hydrogen-bond acceptors (Lipinski definition) is 5. The molecule has 0 aromatic heterocycles. The number of methoxy groups -OCH3 is 3. The van der Waals surface area contributed by atoms with Gasteiger partial charge in [0.15, 0.2) is 5.96 Å². The molecule has 0 spiro atoms. The number of guanidine groups is 1. The van der Waals surface area contributed by atoms with Crippen LogP contribution in [0, 0.1) is 0 Å². The molecule has 1 atom stereocenters. The first-order valence-corrected chi connectivity index (χ1v) is 10.7. The minimum absolute atomic E-state index is 0. The number of anilines is 1. The molecule has 176 valence electrons. The van der Waals surface area contributed by atoms with E-state index in [9.17, 15) is 0 Å². The first-order valence-electron chi connectivity index (χ1n) is 10.7. The second-order valence-corrected chi connectivity index (χ2v) is 7.59. The van der Waals surface area contributed by atoms with Crippen molar-refractivity contribution >= 4 is 35.6 Å². The summed E-state index contributed by atoms with van der Waals surface area (Å²) in [4.78, 5) is 7.14. The Morgan fingerprint density at radius 3 is 2.44 bits per heavy atom. The van der Waals surface area contributed by atoms with Gasteiger partial charge in [0.05, 0.1) is 27.4 Å². The molecule has 2 aromatic carbocycles. The maximum absolute atomic E-state index is 5.42. The molecule has 32 heavy (non-hydrogen) atoms. The topological polar surface area (TPSA) is 67.4 Å². The molecule has 1 heterocycles. The van der Waals surface area contributed by atoms with Crippen LogP contribution in [0.25, 0.3) is 0 Å². The van der Waals surface area contributed by atoms with Gasteiger partial charge in [0.1, 0.15) is 11.5 Å². The molecular formula is C24H35IN4O3. The molecule has 1 aliphatic heterocycles. The van der Waals surface area contributed by atoms with Gasteiger partial charge in [-0.1, -0.05) is 24.3 Å². The van der Waals surface area contributed by atoms with Crippen molar-refractivity contribution in [1.29, 1.82) is 0 Å². The van der Waals surface area contributed by atoms with E-state index in [0.717, 1.165) is 54.8 Å². The van der Waals surface area contributed by atoms with Crippen molar-refractivity contribution in [3.8, 4) is 11.5 Å². The predicted octanol–water partition coefficient (Wildman–Crippen LogP) is 3.80. The molecular weight excluding hydrogens is 519 g/mol. The van der Waals surface area contributed by atoms with Crippen molar-refractivity contribution < 1.29 is 14.2 Å². The molecule has 0 aliphatic carbocycles. The second-order valence-electron chi connectivity index (χ2n) is 7.59. The monoisotopic (exact) mass is 554 g/mol. The van der Waals surface area contributed by atoms with Crippen LogP contribution in [0.2, 0.25) is 0 Å². The summed E-state index contributed by atoms with van der Waals surface area (Å²) in [7, 11) is 5.07. The minimum Gasteiger partial charge on any atom is -0.497 e. The van der Waals surface area contributed by atoms with Crippen LogP contribution in [0.3, 0.4) is 0 Å². The quantitative estimate of drug-likeness (QED) is 0.279. The van der Waals surface area contributed by atoms with Gasteiger partial charge in [0, 0.05) is 56.7 Å². The van der Waals surface area contributed by atoms with E-state index in [4.69, 9.17) is 19.2 Å². The van der Waals surface area contributed by atoms with Crippen LogP contribution in [0.4, 0.5) is 5.69 Å². The highest BCUT2D eigenvalue weighted by molar-refractivity contribution is 14.0. The Labute approximate surface area is 208 Å². The van der Waals surface area contributed by atoms with Crippen molar-refractivity contribution in [2.24, 2.45) is 4.99 Å². The average Bonchev–Trinajstić information content (AvgIpc) is 3.26. The van der Waals surface area contributed by atoms with Crippen LogP contribution in [-0.4, -0.2) is 53.0 Å². The van der Waals surface area contributed by atoms with Gasteiger partial charge in [0.2, 0.25) is 0 Å². The van der Waals surface area contributed by atoms with E-state index >= 15 is 0 Å². The van der Waals surface area contributed by atoms with Gasteiger partial charge in [-0.25, -0.2) is 4.99 Å². The van der Waals surface area contributed by atoms with Gasteiger partial charge in [-0.05, 0) is 24.5 Å². The molecule has 1 fully saturated rings. The number of halogens is 1. The molecule has 0 radical (unpaired) electrons. The molecule has 1 aliphatic rings. The Balaban J connectivity index is 0.00000363. The zero-order valence-corrected chi connectivity index (χ0v) is 21.7. The van der Waals surface area contributed by atoms with Gasteiger partial charge < -0.3 is 29.7 Å². The third kappa shape index (κ3) is 7.44. The fourth-order valence-electron chi connectivity index (χ4n) is 3.76. The summed E-state index contributed by atoms with van der Waals surface area (Å²) in [6.45, 7) is 5.99. The van der Waals surface area contributed by atoms with Crippen LogP contribution in [-0.2, 0) is 17.9 Å². The number of ether oxygens (including phenoxy) is 3. The largest absolute Gasteiger partial charge is 0.497 e. The molecule has 2 N–H and O–H groups in total. The lowest BCUT2D eigenvalue weighted by atomic mass is 10.1. The maximum atomic E-state index is 5.42. The van der Waals surface area contributed by atoms with E-state index in [1.165, 1.54) is 5.56 Å². The van der Waals surface area contributed by atoms with E-state index in [0.29, 0.717) is 19.2 Å². The van der Waals surface area contributed by atoms with Crippen LogP contribution < -0.4 is 25.0 Å². The fraction of sp³-hybridized carbons (Fsp3) is 0.458. The lowest BCUT2D eigenvalue weighted by Gasteiger charge is -2.21. The highest BCUT2D eigenvalue weighted by Crippen LogP contribution is 2.30. The first-order chi connectivity index (χ1) is 15.1. The summed E-state index contributed by atoms with van der Waals surface area (Å²) in [5.41, 5.74) is 3.44. The lowest BCUT2D eigenvalue weighted by Crippen LogP contribution is -2.44. The normalized spacial score (nSPS) is 15.8. The Bertz CT molecular complexity index is 856. The maximum Gasteiger partial charge on any atom is 0.191 e. The van der Waals surface area contributed by atoms with Gasteiger partial charge in [0.25, 0.3) is 0 Å². The average molecular weight is 554 g/mol. The summed E-state index contributed by atoms with van der Waals surface area (Å²) < 4.78 is 16.1. The van der Waals surface area contributed by atoms with Gasteiger partial charge in [-0.2, -0.15) is 0 Å². The van der Waals surface area contributed by atoms with E-state index in [1.54, 1.807) is 21.3 Å². The summed E-state index contributed by atoms with van der Waals surface area (Å²) in [6.07, 6.45) is 1.03. The number of rotatable bonds is 9. The summed E-state index contributed by atoms with van der Waals surface area (Å²) in [5, 5.41) is 6.96. The molecule has 0 saturated carbocycles. The Hall–Kier alpha value is -2.20. The Morgan fingerprint density at radius 2 is 1.78 bits per heavy atom. The van der Waals surface area contributed by atoms with Crippen molar-refractivity contribution in [1.82, 2.24) is 10.6 Å². The highest BCUT2D eigenvalue weighted by Gasteiger charge is 2.24. The van der Waals surface area contributed by atoms with E-state index in [2.05, 4.69) is 58.9 Å². The van der Waals surface area contributed by atoms with Crippen LogP contribution in [0.15, 0.2) is 47.5 Å². The summed E-state index contributed by atoms with van der Waals surface area (Å²) in [5.74, 6) is 2.45. The molecule has 0 bridgehead atoms. The predicted molar refractivity (Wildman–Crippen MR) is 141 cm³/mol.